The largest absolute Gasteiger partial charge is 0.367 e. The maximum atomic E-state index is 4.65. The van der Waals surface area contributed by atoms with Crippen LogP contribution in [0.3, 0.4) is 0 Å². The van der Waals surface area contributed by atoms with E-state index in [-0.39, 0.29) is 0 Å². The Balaban J connectivity index is 1.71. The Morgan fingerprint density at radius 2 is 2.00 bits per heavy atom. The van der Waals surface area contributed by atoms with Gasteiger partial charge in [-0.15, -0.1) is 0 Å². The molecule has 0 aromatic carbocycles. The summed E-state index contributed by atoms with van der Waals surface area (Å²) in [6.07, 6.45) is 5.76. The van der Waals surface area contributed by atoms with Crippen molar-refractivity contribution in [2.24, 2.45) is 17.8 Å². The number of rotatable bonds is 4. The van der Waals surface area contributed by atoms with Gasteiger partial charge in [0.15, 0.2) is 0 Å². The van der Waals surface area contributed by atoms with Crippen molar-refractivity contribution in [2.75, 3.05) is 5.32 Å². The monoisotopic (exact) mass is 337 g/mol. The first-order chi connectivity index (χ1) is 9.52. The first-order valence-electron chi connectivity index (χ1n) is 7.84. The standard InChI is InChI=1S/C16H24BrN3/c1-9(2)16-19-14(17)8-15(20-16)18-10(3)13-7-11-4-5-12(13)6-11/h8-13H,4-7H2,1-3H3,(H,18,19,20). The lowest BCUT2D eigenvalue weighted by atomic mass is 9.84. The van der Waals surface area contributed by atoms with Gasteiger partial charge in [-0.3, -0.25) is 0 Å². The maximum Gasteiger partial charge on any atom is 0.134 e. The third-order valence-electron chi connectivity index (χ3n) is 5.04. The van der Waals surface area contributed by atoms with Crippen LogP contribution >= 0.6 is 15.9 Å². The van der Waals surface area contributed by atoms with Crippen LogP contribution in [0.1, 0.15) is 58.2 Å². The smallest absolute Gasteiger partial charge is 0.134 e. The van der Waals surface area contributed by atoms with Gasteiger partial charge in [0.05, 0.1) is 0 Å². The molecule has 4 unspecified atom stereocenters. The predicted molar refractivity (Wildman–Crippen MR) is 85.8 cm³/mol. The van der Waals surface area contributed by atoms with Crippen molar-refractivity contribution in [1.29, 1.82) is 0 Å². The van der Waals surface area contributed by atoms with Crippen LogP contribution in [-0.2, 0) is 0 Å². The third-order valence-corrected chi connectivity index (χ3v) is 5.45. The lowest BCUT2D eigenvalue weighted by Crippen LogP contribution is -2.30. The van der Waals surface area contributed by atoms with Crippen molar-refractivity contribution in [3.63, 3.8) is 0 Å². The quantitative estimate of drug-likeness (QED) is 0.816. The van der Waals surface area contributed by atoms with Gasteiger partial charge in [0, 0.05) is 18.0 Å². The van der Waals surface area contributed by atoms with Crippen molar-refractivity contribution in [3.05, 3.63) is 16.5 Å². The molecule has 4 heteroatoms. The molecule has 20 heavy (non-hydrogen) atoms. The number of aromatic nitrogens is 2. The molecular formula is C16H24BrN3. The Kier molecular flexibility index (Phi) is 4.02. The lowest BCUT2D eigenvalue weighted by molar-refractivity contribution is 0.304. The number of anilines is 1. The Labute approximate surface area is 130 Å². The Hall–Kier alpha value is -0.640. The van der Waals surface area contributed by atoms with Gasteiger partial charge in [-0.1, -0.05) is 20.3 Å². The Morgan fingerprint density at radius 3 is 2.60 bits per heavy atom. The molecule has 3 nitrogen and oxygen atoms in total. The maximum absolute atomic E-state index is 4.65. The van der Waals surface area contributed by atoms with Crippen molar-refractivity contribution >= 4 is 21.7 Å². The van der Waals surface area contributed by atoms with Gasteiger partial charge in [-0.25, -0.2) is 9.97 Å². The Morgan fingerprint density at radius 1 is 1.20 bits per heavy atom. The number of hydrogen-bond donors (Lipinski definition) is 1. The van der Waals surface area contributed by atoms with Gasteiger partial charge >= 0.3 is 0 Å². The first-order valence-corrected chi connectivity index (χ1v) is 8.63. The van der Waals surface area contributed by atoms with E-state index in [0.29, 0.717) is 12.0 Å². The van der Waals surface area contributed by atoms with Crippen LogP contribution in [0, 0.1) is 17.8 Å². The summed E-state index contributed by atoms with van der Waals surface area (Å²) in [5, 5.41) is 3.62. The summed E-state index contributed by atoms with van der Waals surface area (Å²) in [4.78, 5) is 9.10. The van der Waals surface area contributed by atoms with Gasteiger partial charge < -0.3 is 5.32 Å². The van der Waals surface area contributed by atoms with Crippen LogP contribution in [-0.4, -0.2) is 16.0 Å². The molecule has 1 heterocycles. The molecule has 2 fully saturated rings. The molecule has 0 aliphatic heterocycles. The molecule has 0 spiro atoms. The molecule has 0 radical (unpaired) electrons. The summed E-state index contributed by atoms with van der Waals surface area (Å²) in [6, 6.07) is 2.50. The van der Waals surface area contributed by atoms with E-state index in [1.807, 2.05) is 6.07 Å². The van der Waals surface area contributed by atoms with E-state index in [1.165, 1.54) is 25.7 Å². The Bertz CT molecular complexity index is 489. The highest BCUT2D eigenvalue weighted by Gasteiger charge is 2.41. The number of nitrogens with zero attached hydrogens (tertiary/aromatic N) is 2. The van der Waals surface area contributed by atoms with Crippen molar-refractivity contribution in [1.82, 2.24) is 9.97 Å². The highest BCUT2D eigenvalue weighted by atomic mass is 79.9. The summed E-state index contributed by atoms with van der Waals surface area (Å²) in [5.41, 5.74) is 0. The van der Waals surface area contributed by atoms with E-state index >= 15 is 0 Å². The van der Waals surface area contributed by atoms with Gasteiger partial charge in [0.2, 0.25) is 0 Å². The molecule has 4 atom stereocenters. The molecule has 2 bridgehead atoms. The van der Waals surface area contributed by atoms with Crippen LogP contribution < -0.4 is 5.32 Å². The van der Waals surface area contributed by atoms with Crippen LogP contribution in [0.4, 0.5) is 5.82 Å². The normalized spacial score (nSPS) is 29.9. The van der Waals surface area contributed by atoms with Gasteiger partial charge in [-0.05, 0) is 59.9 Å². The fraction of sp³-hybridized carbons (Fsp3) is 0.750. The van der Waals surface area contributed by atoms with Gasteiger partial charge in [0.25, 0.3) is 0 Å². The lowest BCUT2D eigenvalue weighted by Gasteiger charge is -2.29. The molecule has 0 amide bonds. The molecule has 1 aromatic heterocycles. The molecule has 2 aliphatic carbocycles. The van der Waals surface area contributed by atoms with Crippen molar-refractivity contribution in [3.8, 4) is 0 Å². The van der Waals surface area contributed by atoms with E-state index < -0.39 is 0 Å². The minimum atomic E-state index is 0.353. The molecule has 0 saturated heterocycles. The summed E-state index contributed by atoms with van der Waals surface area (Å²) in [5.74, 6) is 4.98. The predicted octanol–water partition coefficient (Wildman–Crippen LogP) is 4.60. The zero-order valence-electron chi connectivity index (χ0n) is 12.6. The average Bonchev–Trinajstić information content (AvgIpc) is 3.00. The van der Waals surface area contributed by atoms with Crippen molar-refractivity contribution in [2.45, 2.75) is 58.4 Å². The van der Waals surface area contributed by atoms with E-state index in [2.05, 4.69) is 52.0 Å². The molecule has 110 valence electrons. The van der Waals surface area contributed by atoms with Crippen LogP contribution in [0.2, 0.25) is 0 Å². The highest BCUT2D eigenvalue weighted by Crippen LogP contribution is 2.49. The van der Waals surface area contributed by atoms with Crippen LogP contribution in [0.15, 0.2) is 10.7 Å². The average molecular weight is 338 g/mol. The summed E-state index contributed by atoms with van der Waals surface area (Å²) in [6.45, 7) is 6.58. The second kappa shape index (κ2) is 5.63. The molecule has 1 aromatic rings. The van der Waals surface area contributed by atoms with Crippen LogP contribution in [0.25, 0.3) is 0 Å². The summed E-state index contributed by atoms with van der Waals surface area (Å²) >= 11 is 3.50. The second-order valence-electron chi connectivity index (χ2n) is 6.86. The minimum absolute atomic E-state index is 0.353. The summed E-state index contributed by atoms with van der Waals surface area (Å²) in [7, 11) is 0. The molecule has 2 aliphatic rings. The first kappa shape index (κ1) is 14.3. The molecular weight excluding hydrogens is 314 g/mol. The van der Waals surface area contributed by atoms with E-state index in [0.717, 1.165) is 34.0 Å². The SMILES string of the molecule is CC(C)c1nc(Br)cc(NC(C)C2CC3CCC2C3)n1. The zero-order valence-corrected chi connectivity index (χ0v) is 14.2. The fourth-order valence-electron chi connectivity index (χ4n) is 4.01. The minimum Gasteiger partial charge on any atom is -0.367 e. The summed E-state index contributed by atoms with van der Waals surface area (Å²) < 4.78 is 0.874. The van der Waals surface area contributed by atoms with E-state index in [9.17, 15) is 0 Å². The zero-order chi connectivity index (χ0) is 14.3. The van der Waals surface area contributed by atoms with E-state index in [1.54, 1.807) is 0 Å². The fourth-order valence-corrected chi connectivity index (χ4v) is 4.41. The van der Waals surface area contributed by atoms with Crippen molar-refractivity contribution < 1.29 is 0 Å². The molecule has 1 N–H and O–H groups in total. The highest BCUT2D eigenvalue weighted by molar-refractivity contribution is 9.10. The number of fused-ring (bicyclic) bond motifs is 2. The van der Waals surface area contributed by atoms with Gasteiger partial charge in [0.1, 0.15) is 16.2 Å². The number of hydrogen-bond acceptors (Lipinski definition) is 3. The van der Waals surface area contributed by atoms with Gasteiger partial charge in [-0.2, -0.15) is 0 Å². The molecule has 3 rings (SSSR count). The second-order valence-corrected chi connectivity index (χ2v) is 7.67. The molecule has 2 saturated carbocycles. The number of nitrogens with one attached hydrogen (secondary N) is 1. The number of halogens is 1. The van der Waals surface area contributed by atoms with Crippen LogP contribution in [0.5, 0.6) is 0 Å². The topological polar surface area (TPSA) is 37.8 Å². The van der Waals surface area contributed by atoms with E-state index in [4.69, 9.17) is 0 Å². The third kappa shape index (κ3) is 2.85.